The third-order valence-electron chi connectivity index (χ3n) is 5.80. The largest absolute Gasteiger partial charge is 0.494 e. The molecule has 10 heteroatoms. The van der Waals surface area contributed by atoms with Gasteiger partial charge in [-0.15, -0.1) is 22.7 Å². The van der Waals surface area contributed by atoms with E-state index in [2.05, 4.69) is 21.7 Å². The summed E-state index contributed by atoms with van der Waals surface area (Å²) >= 11 is 2.89. The lowest BCUT2D eigenvalue weighted by atomic mass is 9.94. The third-order valence-corrected chi connectivity index (χ3v) is 7.94. The minimum absolute atomic E-state index is 0.152. The zero-order chi connectivity index (χ0) is 25.5. The molecule has 0 bridgehead atoms. The molecule has 36 heavy (non-hydrogen) atoms. The van der Waals surface area contributed by atoms with E-state index in [0.717, 1.165) is 32.5 Å². The minimum atomic E-state index is -0.478. The van der Waals surface area contributed by atoms with Crippen LogP contribution in [-0.2, 0) is 35.3 Å². The number of nitrogens with one attached hydrogen (secondary N) is 2. The van der Waals surface area contributed by atoms with Crippen molar-refractivity contribution in [2.45, 2.75) is 58.6 Å². The van der Waals surface area contributed by atoms with Crippen LogP contribution in [0.25, 0.3) is 0 Å². The second kappa shape index (κ2) is 12.0. The highest BCUT2D eigenvalue weighted by Crippen LogP contribution is 2.38. The van der Waals surface area contributed by atoms with Gasteiger partial charge in [0.15, 0.2) is 0 Å². The normalized spacial score (nSPS) is 14.4. The maximum atomic E-state index is 12.7. The first-order valence-electron chi connectivity index (χ1n) is 11.9. The predicted molar refractivity (Wildman–Crippen MR) is 140 cm³/mol. The number of rotatable bonds is 9. The van der Waals surface area contributed by atoms with Gasteiger partial charge in [-0.25, -0.2) is 9.78 Å². The molecule has 2 N–H and O–H groups in total. The van der Waals surface area contributed by atoms with E-state index >= 15 is 0 Å². The van der Waals surface area contributed by atoms with Crippen molar-refractivity contribution in [1.82, 2.24) is 10.3 Å². The summed E-state index contributed by atoms with van der Waals surface area (Å²) < 4.78 is 11.3. The quantitative estimate of drug-likeness (QED) is 0.401. The molecule has 0 saturated carbocycles. The molecule has 1 atom stereocenters. The Labute approximate surface area is 218 Å². The van der Waals surface area contributed by atoms with Crippen LogP contribution in [0, 0.1) is 18.3 Å². The van der Waals surface area contributed by atoms with E-state index in [1.165, 1.54) is 22.7 Å². The van der Waals surface area contributed by atoms with Gasteiger partial charge in [0, 0.05) is 28.8 Å². The zero-order valence-corrected chi connectivity index (χ0v) is 21.9. The second-order valence-corrected chi connectivity index (χ2v) is 10.5. The lowest BCUT2D eigenvalue weighted by Gasteiger charge is -2.22. The number of amides is 2. The summed E-state index contributed by atoms with van der Waals surface area (Å²) in [5.41, 5.74) is 3.36. The van der Waals surface area contributed by atoms with Gasteiger partial charge in [0.1, 0.15) is 27.9 Å². The molecule has 0 radical (unpaired) electrons. The minimum Gasteiger partial charge on any atom is -0.494 e. The number of thiazole rings is 1. The Morgan fingerprint density at radius 1 is 1.31 bits per heavy atom. The third kappa shape index (κ3) is 6.42. The van der Waals surface area contributed by atoms with Gasteiger partial charge in [-0.3, -0.25) is 4.79 Å². The van der Waals surface area contributed by atoms with Crippen molar-refractivity contribution in [3.63, 3.8) is 0 Å². The van der Waals surface area contributed by atoms with E-state index in [9.17, 15) is 14.9 Å². The summed E-state index contributed by atoms with van der Waals surface area (Å²) in [5, 5.41) is 18.8. The smallest absolute Gasteiger partial charge is 0.407 e. The number of carbonyl (C=O) groups excluding carboxylic acids is 2. The van der Waals surface area contributed by atoms with Gasteiger partial charge in [0.25, 0.3) is 0 Å². The summed E-state index contributed by atoms with van der Waals surface area (Å²) in [5.74, 6) is 0.634. The van der Waals surface area contributed by atoms with Crippen LogP contribution in [0.1, 0.15) is 52.0 Å². The van der Waals surface area contributed by atoms with Crippen molar-refractivity contribution in [2.75, 3.05) is 11.9 Å². The first kappa shape index (κ1) is 25.7. The van der Waals surface area contributed by atoms with Crippen molar-refractivity contribution in [2.24, 2.45) is 0 Å². The zero-order valence-electron chi connectivity index (χ0n) is 20.3. The number of para-hydroxylation sites is 1. The number of benzene rings is 1. The van der Waals surface area contributed by atoms with Gasteiger partial charge in [-0.2, -0.15) is 5.26 Å². The molecule has 2 amide bonds. The molecule has 4 rings (SSSR count). The topological polar surface area (TPSA) is 113 Å². The van der Waals surface area contributed by atoms with Crippen molar-refractivity contribution < 1.29 is 19.1 Å². The Hall–Kier alpha value is -3.42. The number of anilines is 1. The fourth-order valence-corrected chi connectivity index (χ4v) is 6.12. The van der Waals surface area contributed by atoms with E-state index in [4.69, 9.17) is 9.47 Å². The number of hydrogen-bond donors (Lipinski definition) is 2. The first-order chi connectivity index (χ1) is 17.5. The molecule has 1 unspecified atom stereocenters. The average Bonchev–Trinajstić information content (AvgIpc) is 3.44. The van der Waals surface area contributed by atoms with Crippen LogP contribution in [0.15, 0.2) is 29.6 Å². The van der Waals surface area contributed by atoms with Crippen LogP contribution in [-0.4, -0.2) is 29.7 Å². The van der Waals surface area contributed by atoms with Crippen LogP contribution >= 0.6 is 22.7 Å². The molecule has 2 heterocycles. The number of aryl methyl sites for hydroxylation is 2. The Morgan fingerprint density at radius 3 is 2.89 bits per heavy atom. The first-order valence-corrected chi connectivity index (χ1v) is 13.6. The van der Waals surface area contributed by atoms with Crippen LogP contribution in [0.4, 0.5) is 9.80 Å². The van der Waals surface area contributed by atoms with Crippen LogP contribution < -0.4 is 15.4 Å². The molecule has 2 aromatic heterocycles. The van der Waals surface area contributed by atoms with Gasteiger partial charge >= 0.3 is 6.09 Å². The highest BCUT2D eigenvalue weighted by molar-refractivity contribution is 7.16. The molecule has 0 saturated heterocycles. The number of alkyl carbamates (subject to hydrolysis) is 1. The molecule has 3 aromatic rings. The number of fused-ring (bicyclic) bond motifs is 1. The number of hydrogen-bond acceptors (Lipinski definition) is 8. The number of nitriles is 1. The summed E-state index contributed by atoms with van der Waals surface area (Å²) in [6, 6.07) is 9.94. The fourth-order valence-electron chi connectivity index (χ4n) is 4.13. The average molecular weight is 525 g/mol. The fraction of sp³-hybridized carbons (Fsp3) is 0.385. The number of thiophene rings is 1. The van der Waals surface area contributed by atoms with Crippen LogP contribution in [0.3, 0.4) is 0 Å². The standard InChI is InChI=1S/C26H28N4O4S2/c1-3-33-21-7-5-4-6-17(21)8-11-23(31)30-25-20(13-27)19-10-9-18(12-22(19)36-25)34-26(32)28-14-24-29-16(2)15-35-24/h4-7,15,18H,3,8-12,14H2,1-2H3,(H,28,32)(H,30,31). The molecule has 1 aliphatic rings. The van der Waals surface area contributed by atoms with Gasteiger partial charge in [0.2, 0.25) is 5.91 Å². The highest BCUT2D eigenvalue weighted by Gasteiger charge is 2.28. The molecule has 188 valence electrons. The predicted octanol–water partition coefficient (Wildman–Crippen LogP) is 5.14. The number of aromatic nitrogens is 1. The van der Waals surface area contributed by atoms with E-state index in [-0.39, 0.29) is 18.4 Å². The lowest BCUT2D eigenvalue weighted by molar-refractivity contribution is -0.116. The van der Waals surface area contributed by atoms with Crippen LogP contribution in [0.2, 0.25) is 0 Å². The Balaban J connectivity index is 1.33. The molecule has 8 nitrogen and oxygen atoms in total. The number of carbonyl (C=O) groups is 2. The molecule has 0 fully saturated rings. The summed E-state index contributed by atoms with van der Waals surface area (Å²) in [6.45, 7) is 4.73. The van der Waals surface area contributed by atoms with Crippen molar-refractivity contribution in [3.8, 4) is 11.8 Å². The monoisotopic (exact) mass is 524 g/mol. The molecule has 1 aliphatic carbocycles. The van der Waals surface area contributed by atoms with Crippen molar-refractivity contribution >= 4 is 39.7 Å². The van der Waals surface area contributed by atoms with Gasteiger partial charge in [0.05, 0.1) is 18.7 Å². The summed E-state index contributed by atoms with van der Waals surface area (Å²) in [4.78, 5) is 30.3. The van der Waals surface area contributed by atoms with E-state index in [0.29, 0.717) is 49.4 Å². The molecular formula is C26H28N4O4S2. The Bertz CT molecular complexity index is 1280. The van der Waals surface area contributed by atoms with Crippen molar-refractivity contribution in [1.29, 1.82) is 5.26 Å². The molecular weight excluding hydrogens is 496 g/mol. The summed E-state index contributed by atoms with van der Waals surface area (Å²) in [6.07, 6.45) is 1.84. The maximum Gasteiger partial charge on any atom is 0.407 e. The lowest BCUT2D eigenvalue weighted by Crippen LogP contribution is -2.31. The maximum absolute atomic E-state index is 12.7. The SMILES string of the molecule is CCOc1ccccc1CCC(=O)Nc1sc2c(c1C#N)CCC(OC(=O)NCc1nc(C)cs1)C2. The Morgan fingerprint density at radius 2 is 2.14 bits per heavy atom. The van der Waals surface area contributed by atoms with E-state index in [1.807, 2.05) is 43.5 Å². The summed E-state index contributed by atoms with van der Waals surface area (Å²) in [7, 11) is 0. The van der Waals surface area contributed by atoms with E-state index in [1.54, 1.807) is 0 Å². The van der Waals surface area contributed by atoms with E-state index < -0.39 is 6.09 Å². The number of ether oxygens (including phenoxy) is 2. The Kier molecular flexibility index (Phi) is 8.57. The van der Waals surface area contributed by atoms with Crippen molar-refractivity contribution in [3.05, 3.63) is 61.9 Å². The highest BCUT2D eigenvalue weighted by atomic mass is 32.1. The number of nitrogens with zero attached hydrogens (tertiary/aromatic N) is 2. The van der Waals surface area contributed by atoms with Gasteiger partial charge in [-0.05, 0) is 50.3 Å². The molecule has 0 aliphatic heterocycles. The second-order valence-electron chi connectivity index (χ2n) is 8.41. The molecule has 1 aromatic carbocycles. The van der Waals surface area contributed by atoms with Gasteiger partial charge in [-0.1, -0.05) is 18.2 Å². The van der Waals surface area contributed by atoms with Gasteiger partial charge < -0.3 is 20.1 Å². The van der Waals surface area contributed by atoms with Crippen LogP contribution in [0.5, 0.6) is 5.75 Å². The molecule has 0 spiro atoms.